The number of fused-ring (bicyclic) bond motifs is 1. The topological polar surface area (TPSA) is 75.5 Å². The lowest BCUT2D eigenvalue weighted by Crippen LogP contribution is -2.38. The number of hydrogen-bond donors (Lipinski definition) is 0. The third-order valence-corrected chi connectivity index (χ3v) is 10.7. The monoisotopic (exact) mass is 534 g/mol. The number of benzene rings is 2. The van der Waals surface area contributed by atoms with Gasteiger partial charge in [0.25, 0.3) is 5.91 Å². The minimum Gasteiger partial charge on any atom is -0.339 e. The van der Waals surface area contributed by atoms with Crippen molar-refractivity contribution in [1.82, 2.24) is 18.8 Å². The van der Waals surface area contributed by atoms with Gasteiger partial charge in [-0.3, -0.25) is 4.79 Å². The summed E-state index contributed by atoms with van der Waals surface area (Å²) in [5, 5.41) is 0. The summed E-state index contributed by atoms with van der Waals surface area (Å²) in [5.41, 5.74) is 3.78. The number of hydrogen-bond acceptors (Lipinski definition) is 4. The minimum absolute atomic E-state index is 0.104. The molecule has 1 aliphatic carbocycles. The fourth-order valence-electron chi connectivity index (χ4n) is 6.58. The van der Waals surface area contributed by atoms with Gasteiger partial charge in [0.15, 0.2) is 0 Å². The Labute approximate surface area is 225 Å². The lowest BCUT2D eigenvalue weighted by atomic mass is 9.93. The van der Waals surface area contributed by atoms with Crippen molar-refractivity contribution in [3.63, 3.8) is 0 Å². The van der Waals surface area contributed by atoms with Crippen molar-refractivity contribution in [1.29, 1.82) is 0 Å². The van der Waals surface area contributed by atoms with Crippen molar-refractivity contribution >= 4 is 27.0 Å². The van der Waals surface area contributed by atoms with Crippen molar-refractivity contribution < 1.29 is 13.2 Å². The second-order valence-electron chi connectivity index (χ2n) is 11.3. The molecule has 3 fully saturated rings. The van der Waals surface area contributed by atoms with E-state index >= 15 is 0 Å². The second kappa shape index (κ2) is 10.5. The van der Waals surface area contributed by atoms with Crippen molar-refractivity contribution in [2.75, 3.05) is 26.2 Å². The molecule has 0 radical (unpaired) electrons. The number of carbonyl (C=O) groups is 1. The zero-order valence-corrected chi connectivity index (χ0v) is 23.1. The lowest BCUT2D eigenvalue weighted by molar-refractivity contribution is 0.0793. The summed E-state index contributed by atoms with van der Waals surface area (Å²) in [6, 6.07) is 13.6. The Morgan fingerprint density at radius 2 is 1.53 bits per heavy atom. The maximum Gasteiger partial charge on any atom is 0.253 e. The minimum atomic E-state index is -3.50. The number of imidazole rings is 1. The summed E-state index contributed by atoms with van der Waals surface area (Å²) < 4.78 is 30.6. The van der Waals surface area contributed by atoms with Crippen LogP contribution in [0.15, 0.2) is 47.4 Å². The molecule has 2 saturated heterocycles. The summed E-state index contributed by atoms with van der Waals surface area (Å²) in [4.78, 5) is 20.6. The molecule has 1 aromatic heterocycles. The standard InChI is InChI=1S/C30H38N4O3S/c1-22-9-12-26(13-10-22)38(36,37)33-19-15-23(16-20-33)29-31-27-21-24(30(35)32-17-5-6-18-32)11-14-28(27)34(29)25-7-3-2-4-8-25/h9-14,21,23,25H,2-8,15-20H2,1H3. The van der Waals surface area contributed by atoms with Gasteiger partial charge in [-0.15, -0.1) is 0 Å². The molecule has 3 aromatic rings. The van der Waals surface area contributed by atoms with Crippen molar-refractivity contribution in [3.05, 3.63) is 59.4 Å². The van der Waals surface area contributed by atoms with Gasteiger partial charge in [-0.05, 0) is 75.8 Å². The van der Waals surface area contributed by atoms with Crippen LogP contribution in [0.3, 0.4) is 0 Å². The number of carbonyl (C=O) groups excluding carboxylic acids is 1. The Bertz CT molecular complexity index is 1410. The third-order valence-electron chi connectivity index (χ3n) is 8.77. The summed E-state index contributed by atoms with van der Waals surface area (Å²) >= 11 is 0. The van der Waals surface area contributed by atoms with Crippen LogP contribution in [0.2, 0.25) is 0 Å². The van der Waals surface area contributed by atoms with Crippen LogP contribution in [0.5, 0.6) is 0 Å². The van der Waals surface area contributed by atoms with E-state index < -0.39 is 10.0 Å². The molecule has 38 heavy (non-hydrogen) atoms. The highest BCUT2D eigenvalue weighted by molar-refractivity contribution is 7.89. The van der Waals surface area contributed by atoms with E-state index in [9.17, 15) is 13.2 Å². The first-order valence-electron chi connectivity index (χ1n) is 14.3. The van der Waals surface area contributed by atoms with Crippen LogP contribution < -0.4 is 0 Å². The molecule has 6 rings (SSSR count). The summed E-state index contributed by atoms with van der Waals surface area (Å²) in [6.45, 7) is 4.62. The van der Waals surface area contributed by atoms with Crippen molar-refractivity contribution in [3.8, 4) is 0 Å². The molecule has 1 saturated carbocycles. The van der Waals surface area contributed by atoms with Gasteiger partial charge in [0.05, 0.1) is 15.9 Å². The molecule has 7 nitrogen and oxygen atoms in total. The molecule has 202 valence electrons. The van der Waals surface area contributed by atoms with Gasteiger partial charge < -0.3 is 9.47 Å². The molecule has 1 amide bonds. The molecular formula is C30H38N4O3S. The summed E-state index contributed by atoms with van der Waals surface area (Å²) in [5.74, 6) is 1.38. The first kappa shape index (κ1) is 25.6. The van der Waals surface area contributed by atoms with Crippen LogP contribution in [0, 0.1) is 6.92 Å². The predicted octanol–water partition coefficient (Wildman–Crippen LogP) is 5.65. The average Bonchev–Trinajstić information content (AvgIpc) is 3.62. The van der Waals surface area contributed by atoms with Crippen molar-refractivity contribution in [2.45, 2.75) is 81.6 Å². The second-order valence-corrected chi connectivity index (χ2v) is 13.3. The molecule has 0 unspecified atom stereocenters. The number of likely N-dealkylation sites (tertiary alicyclic amines) is 1. The Hall–Kier alpha value is -2.71. The molecular weight excluding hydrogens is 496 g/mol. The quantitative estimate of drug-likeness (QED) is 0.424. The van der Waals surface area contributed by atoms with Gasteiger partial charge in [-0.25, -0.2) is 13.4 Å². The van der Waals surface area contributed by atoms with Crippen LogP contribution in [-0.4, -0.2) is 59.3 Å². The number of amides is 1. The van der Waals surface area contributed by atoms with Gasteiger partial charge in [-0.2, -0.15) is 4.31 Å². The fourth-order valence-corrected chi connectivity index (χ4v) is 8.05. The zero-order valence-electron chi connectivity index (χ0n) is 22.3. The lowest BCUT2D eigenvalue weighted by Gasteiger charge is -2.33. The molecule has 8 heteroatoms. The van der Waals surface area contributed by atoms with E-state index in [2.05, 4.69) is 10.6 Å². The fraction of sp³-hybridized carbons (Fsp3) is 0.533. The molecule has 3 aliphatic rings. The highest BCUT2D eigenvalue weighted by Gasteiger charge is 2.33. The molecule has 3 heterocycles. The average molecular weight is 535 g/mol. The van der Waals surface area contributed by atoms with Crippen LogP contribution in [0.4, 0.5) is 0 Å². The Morgan fingerprint density at radius 1 is 0.842 bits per heavy atom. The highest BCUT2D eigenvalue weighted by Crippen LogP contribution is 2.38. The molecule has 0 spiro atoms. The van der Waals surface area contributed by atoms with E-state index in [0.29, 0.717) is 24.0 Å². The van der Waals surface area contributed by atoms with E-state index in [4.69, 9.17) is 4.98 Å². The van der Waals surface area contributed by atoms with E-state index in [0.717, 1.165) is 79.6 Å². The van der Waals surface area contributed by atoms with Crippen LogP contribution in [-0.2, 0) is 10.0 Å². The summed E-state index contributed by atoms with van der Waals surface area (Å²) in [7, 11) is -3.50. The predicted molar refractivity (Wildman–Crippen MR) is 149 cm³/mol. The molecule has 0 atom stereocenters. The van der Waals surface area contributed by atoms with Crippen LogP contribution in [0.25, 0.3) is 11.0 Å². The smallest absolute Gasteiger partial charge is 0.253 e. The van der Waals surface area contributed by atoms with Gasteiger partial charge in [0.2, 0.25) is 10.0 Å². The number of piperidine rings is 1. The first-order chi connectivity index (χ1) is 18.4. The SMILES string of the molecule is Cc1ccc(S(=O)(=O)N2CCC(c3nc4cc(C(=O)N5CCCC5)ccc4n3C3CCCCC3)CC2)cc1. The Morgan fingerprint density at radius 3 is 2.21 bits per heavy atom. The van der Waals surface area contributed by atoms with Crippen LogP contribution in [0.1, 0.15) is 91.5 Å². The van der Waals surface area contributed by atoms with Gasteiger partial charge in [-0.1, -0.05) is 37.0 Å². The maximum atomic E-state index is 13.3. The first-order valence-corrected chi connectivity index (χ1v) is 15.7. The number of aromatic nitrogens is 2. The number of sulfonamides is 1. The van der Waals surface area contributed by atoms with Crippen LogP contribution >= 0.6 is 0 Å². The van der Waals surface area contributed by atoms with Gasteiger partial charge in [0, 0.05) is 43.7 Å². The van der Waals surface area contributed by atoms with E-state index in [1.807, 2.05) is 36.1 Å². The maximum absolute atomic E-state index is 13.3. The third kappa shape index (κ3) is 4.77. The van der Waals surface area contributed by atoms with Gasteiger partial charge in [0.1, 0.15) is 5.82 Å². The van der Waals surface area contributed by atoms with E-state index in [-0.39, 0.29) is 11.8 Å². The molecule has 0 N–H and O–H groups in total. The largest absolute Gasteiger partial charge is 0.339 e. The number of nitrogens with zero attached hydrogens (tertiary/aromatic N) is 4. The normalized spacial score (nSPS) is 20.4. The molecule has 2 aromatic carbocycles. The highest BCUT2D eigenvalue weighted by atomic mass is 32.2. The summed E-state index contributed by atoms with van der Waals surface area (Å²) in [6.07, 6.45) is 9.68. The Balaban J connectivity index is 1.28. The molecule has 0 bridgehead atoms. The van der Waals surface area contributed by atoms with Crippen molar-refractivity contribution in [2.24, 2.45) is 0 Å². The van der Waals surface area contributed by atoms with E-state index in [1.165, 1.54) is 19.3 Å². The molecule has 2 aliphatic heterocycles. The van der Waals surface area contributed by atoms with E-state index in [1.54, 1.807) is 16.4 Å². The zero-order chi connectivity index (χ0) is 26.3. The van der Waals surface area contributed by atoms with Gasteiger partial charge >= 0.3 is 0 Å². The Kier molecular flexibility index (Phi) is 7.03. The number of rotatable bonds is 5. The number of aryl methyl sites for hydroxylation is 1.